The largest absolute Gasteiger partial charge is 0.571 e. The lowest BCUT2D eigenvalue weighted by Gasteiger charge is -2.36. The minimum Gasteiger partial charge on any atom is -0.571 e. The SMILES string of the molecule is COC(=O)c1ccc(N2CCN(CCCn3c4c(n[n+]3[O-])C(=O)c3cncnc3C4=O)CC2)cc1.COc1ccc(C(=O)N2CCN(CCCn3c4c(n[n+]3[O-])C(=O)c3cccnc3C4=O)CC2)cc1.Cn1cc(CN2CCN(c3ccc(CCCn4c5c(n[n+]4[O-])C(=O)c4ccccc4C5=O)cc3)CC2)cn1.O=C1c2cncnc2C(=O)c2c1n[n+]([O-])n2CCCN1CCN(c2nccc3c2C=CC3)CC1. The molecule has 726 valence electrons. The zero-order valence-electron chi connectivity index (χ0n) is 78.0. The number of aryl methyl sites for hydroxylation is 2. The highest BCUT2D eigenvalue weighted by Crippen LogP contribution is 2.33. The summed E-state index contributed by atoms with van der Waals surface area (Å²) in [7, 11) is 4.89. The van der Waals surface area contributed by atoms with E-state index < -0.39 is 34.7 Å². The fraction of sp³-hybridized carbons (Fsp3) is 0.337. The summed E-state index contributed by atoms with van der Waals surface area (Å²) in [5, 5.41) is 69.1. The average Bonchev–Trinajstić information content (AvgIpc) is 1.59. The van der Waals surface area contributed by atoms with Crippen LogP contribution < -0.4 is 39.3 Å². The molecule has 9 aromatic heterocycles. The number of piperazine rings is 4. The van der Waals surface area contributed by atoms with Crippen molar-refractivity contribution in [3.05, 3.63) is 316 Å². The minimum atomic E-state index is -0.519. The number of rotatable bonds is 24. The van der Waals surface area contributed by atoms with E-state index in [2.05, 4.69) is 138 Å². The van der Waals surface area contributed by atoms with Gasteiger partial charge in [-0.15, -0.1) is 18.7 Å². The van der Waals surface area contributed by atoms with E-state index >= 15 is 0 Å². The number of hydrogen-bond donors (Lipinski definition) is 0. The second-order valence-electron chi connectivity index (χ2n) is 35.3. The molecule has 0 atom stereocenters. The molecule has 22 rings (SSSR count). The van der Waals surface area contributed by atoms with E-state index in [-0.39, 0.29) is 122 Å². The Labute approximate surface area is 811 Å². The lowest BCUT2D eigenvalue weighted by Crippen LogP contribution is -2.49. The number of anilines is 3. The molecule has 0 radical (unpaired) electrons. The molecular formula is C98H98N28O16. The normalized spacial score (nSPS) is 16.0. The molecule has 0 N–H and O–H groups in total. The first kappa shape index (κ1) is 94.4. The Kier molecular flexibility index (Phi) is 27.4. The van der Waals surface area contributed by atoms with E-state index in [0.717, 1.165) is 128 Å². The second kappa shape index (κ2) is 41.2. The first-order chi connectivity index (χ1) is 69.0. The number of nitrogens with zero attached hydrogens (tertiary/aromatic N) is 28. The van der Waals surface area contributed by atoms with Gasteiger partial charge in [0.15, 0.2) is 22.8 Å². The number of hydrogen-bond acceptors (Lipinski definition) is 34. The van der Waals surface area contributed by atoms with Gasteiger partial charge >= 0.3 is 5.97 Å². The fourth-order valence-electron chi connectivity index (χ4n) is 19.3. The number of aromatic nitrogens is 20. The molecule has 4 saturated heterocycles. The molecular weight excluding hydrogens is 1830 g/mol. The van der Waals surface area contributed by atoms with Crippen molar-refractivity contribution in [1.29, 1.82) is 0 Å². The van der Waals surface area contributed by atoms with Gasteiger partial charge in [-0.05, 0) is 129 Å². The van der Waals surface area contributed by atoms with Crippen LogP contribution in [-0.2, 0) is 57.3 Å². The smallest absolute Gasteiger partial charge is 0.337 e. The molecule has 142 heavy (non-hydrogen) atoms. The van der Waals surface area contributed by atoms with E-state index in [9.17, 15) is 68.8 Å². The average molecular weight is 1920 g/mol. The Bertz CT molecular complexity index is 7100. The Morgan fingerprint density at radius 2 is 0.831 bits per heavy atom. The number of ketones is 8. The maximum absolute atomic E-state index is 13.0. The number of pyridine rings is 2. The van der Waals surface area contributed by atoms with E-state index in [1.165, 1.54) is 85.5 Å². The van der Waals surface area contributed by atoms with Crippen LogP contribution in [0, 0.1) is 20.8 Å². The molecule has 13 aromatic rings. The number of methoxy groups -OCH3 is 2. The number of amides is 1. The maximum atomic E-state index is 13.0. The van der Waals surface area contributed by atoms with Gasteiger partial charge in [0.25, 0.3) is 5.91 Å². The van der Waals surface area contributed by atoms with Gasteiger partial charge in [-0.3, -0.25) is 72.4 Å². The molecule has 4 aliphatic heterocycles. The molecule has 5 aliphatic carbocycles. The molecule has 0 unspecified atom stereocenters. The monoisotopic (exact) mass is 1920 g/mol. The second-order valence-corrected chi connectivity index (χ2v) is 35.3. The summed E-state index contributed by atoms with van der Waals surface area (Å²) in [4.78, 5) is 171. The molecule has 1 amide bonds. The van der Waals surface area contributed by atoms with Gasteiger partial charge in [0, 0.05) is 248 Å². The molecule has 4 aromatic carbocycles. The Hall–Kier alpha value is -16.6. The lowest BCUT2D eigenvalue weighted by atomic mass is 9.90. The van der Waals surface area contributed by atoms with Crippen LogP contribution in [0.3, 0.4) is 0 Å². The Balaban J connectivity index is 0.000000120. The molecule has 0 spiro atoms. The molecule has 44 heteroatoms. The minimum absolute atomic E-state index is 0.00464. The third-order valence-corrected chi connectivity index (χ3v) is 26.8. The first-order valence-electron chi connectivity index (χ1n) is 46.9. The number of ether oxygens (including phenoxy) is 2. The van der Waals surface area contributed by atoms with Gasteiger partial charge in [-0.25, -0.2) is 29.7 Å². The standard InChI is InChI=1S/C28H29N7O3.C24H24N6O5.C23H22N8O3.C23H23N7O5/c1-31-18-21(17-29-31)19-32-13-15-33(16-14-32)22-10-8-20(9-11-22)5-4-12-34-26-25(30-35(34)38)27(36)23-6-2-3-7-24(23)28(26)37;1-35-17-7-5-16(6-8-17)24(33)28-14-12-27(13-15-28)10-3-11-29-21-20(26-30(29)34)22(31)18-4-2-9-25-19(18)23(21)32;32-21-17-13-24-14-26-18(17)22(33)20-19(21)27-31(34)30(20)8-2-7-28-9-11-29(12-10-28)23-16-4-1-3-15(16)5-6-25-23;1-35-23(33)15-3-5-16(6-4-15)28-11-9-27(10-12-28)7-2-8-29-20-19(26-30(29)34)21(31)17-13-24-14-25-18(17)22(20)32/h2-3,6-11,17-18H,4-5,12-16,19H2,1H3;2,4-9H,3,10-15H2,1H3;1,4-6,13-14H,2-3,7-12H2;3-6,13-14H,2,7-12H2,1H3. The first-order valence-corrected chi connectivity index (χ1v) is 46.9. The van der Waals surface area contributed by atoms with Gasteiger partial charge in [-0.2, -0.15) is 5.10 Å². The van der Waals surface area contributed by atoms with Gasteiger partial charge in [0.1, 0.15) is 41.3 Å². The van der Waals surface area contributed by atoms with Crippen molar-refractivity contribution >= 4 is 81.4 Å². The van der Waals surface area contributed by atoms with Crippen LogP contribution in [0.4, 0.5) is 17.2 Å². The zero-order chi connectivity index (χ0) is 98.5. The summed E-state index contributed by atoms with van der Waals surface area (Å²) in [5.41, 5.74) is 8.91. The number of allylic oxidation sites excluding steroid dienone is 1. The molecule has 44 nitrogen and oxygen atoms in total. The van der Waals surface area contributed by atoms with Gasteiger partial charge in [-0.1, -0.05) is 48.6 Å². The number of carbonyl (C=O) groups is 10. The van der Waals surface area contributed by atoms with Crippen LogP contribution in [0.1, 0.15) is 197 Å². The number of benzene rings is 4. The Morgan fingerprint density at radius 1 is 0.394 bits per heavy atom. The highest BCUT2D eigenvalue weighted by molar-refractivity contribution is 6.29. The van der Waals surface area contributed by atoms with E-state index in [1.54, 1.807) is 73.8 Å². The summed E-state index contributed by atoms with van der Waals surface area (Å²) in [6, 6.07) is 34.8. The van der Waals surface area contributed by atoms with Crippen molar-refractivity contribution in [1.82, 2.24) is 103 Å². The van der Waals surface area contributed by atoms with E-state index in [1.807, 2.05) is 41.2 Å². The summed E-state index contributed by atoms with van der Waals surface area (Å²) in [5.74, 6) is -2.25. The van der Waals surface area contributed by atoms with Crippen LogP contribution in [0.25, 0.3) is 6.08 Å². The molecule has 4 fully saturated rings. The van der Waals surface area contributed by atoms with Crippen molar-refractivity contribution in [2.45, 2.75) is 71.2 Å². The Morgan fingerprint density at radius 3 is 1.32 bits per heavy atom. The summed E-state index contributed by atoms with van der Waals surface area (Å²) in [6.07, 6.45) is 20.8. The van der Waals surface area contributed by atoms with Gasteiger partial charge in [0.05, 0.1) is 68.8 Å². The van der Waals surface area contributed by atoms with Crippen molar-refractivity contribution in [3.8, 4) is 5.75 Å². The summed E-state index contributed by atoms with van der Waals surface area (Å²) < 4.78 is 16.7. The van der Waals surface area contributed by atoms with Crippen molar-refractivity contribution in [3.63, 3.8) is 0 Å². The number of esters is 1. The maximum Gasteiger partial charge on any atom is 0.337 e. The quantitative estimate of drug-likeness (QED) is 0.0477. The van der Waals surface area contributed by atoms with Crippen molar-refractivity contribution in [2.24, 2.45) is 7.05 Å². The van der Waals surface area contributed by atoms with Crippen LogP contribution in [-0.4, -0.2) is 300 Å². The van der Waals surface area contributed by atoms with Crippen LogP contribution in [0.15, 0.2) is 171 Å². The zero-order valence-corrected chi connectivity index (χ0v) is 78.0. The lowest BCUT2D eigenvalue weighted by molar-refractivity contribution is -0.749. The van der Waals surface area contributed by atoms with Gasteiger partial charge in [0.2, 0.25) is 69.0 Å². The fourth-order valence-corrected chi connectivity index (χ4v) is 19.3. The number of fused-ring (bicyclic) bond motifs is 9. The van der Waals surface area contributed by atoms with Crippen LogP contribution >= 0.6 is 0 Å². The van der Waals surface area contributed by atoms with Gasteiger partial charge < -0.3 is 49.9 Å². The van der Waals surface area contributed by atoms with E-state index in [4.69, 9.17) is 9.47 Å². The molecule has 0 bridgehead atoms. The summed E-state index contributed by atoms with van der Waals surface area (Å²) >= 11 is 0. The van der Waals surface area contributed by atoms with Crippen molar-refractivity contribution < 1.29 is 77.3 Å². The molecule has 0 saturated carbocycles. The molecule has 9 aliphatic rings. The van der Waals surface area contributed by atoms with Crippen molar-refractivity contribution in [2.75, 3.05) is 153 Å². The number of carbonyl (C=O) groups excluding carboxylic acids is 10. The van der Waals surface area contributed by atoms with Crippen LogP contribution in [0.5, 0.6) is 5.75 Å². The van der Waals surface area contributed by atoms with Crippen LogP contribution in [0.2, 0.25) is 0 Å². The van der Waals surface area contributed by atoms with E-state index in [0.29, 0.717) is 113 Å². The molecule has 13 heterocycles. The third kappa shape index (κ3) is 19.2. The predicted octanol–water partition coefficient (Wildman–Crippen LogP) is 2.86. The summed E-state index contributed by atoms with van der Waals surface area (Å²) in [6.45, 7) is 17.6. The highest BCUT2D eigenvalue weighted by atomic mass is 16.5. The third-order valence-electron chi connectivity index (χ3n) is 26.8. The predicted molar refractivity (Wildman–Crippen MR) is 504 cm³/mol. The topological polar surface area (TPSA) is 489 Å². The highest BCUT2D eigenvalue weighted by Gasteiger charge is 2.45.